The summed E-state index contributed by atoms with van der Waals surface area (Å²) in [6, 6.07) is 11.9. The lowest BCUT2D eigenvalue weighted by molar-refractivity contribution is -0.121. The molecule has 0 aliphatic carbocycles. The fourth-order valence-electron chi connectivity index (χ4n) is 3.28. The molecule has 3 rings (SSSR count). The van der Waals surface area contributed by atoms with Crippen molar-refractivity contribution in [3.8, 4) is 0 Å². The normalized spacial score (nSPS) is 16.3. The molecule has 2 aromatic rings. The Balaban J connectivity index is 1.51. The minimum Gasteiger partial charge on any atom is -0.338 e. The van der Waals surface area contributed by atoms with Crippen LogP contribution in [0.2, 0.25) is 0 Å². The Morgan fingerprint density at radius 2 is 1.88 bits per heavy atom. The van der Waals surface area contributed by atoms with Gasteiger partial charge in [0.1, 0.15) is 0 Å². The molecule has 138 valence electrons. The third-order valence-electron chi connectivity index (χ3n) is 5.24. The van der Waals surface area contributed by atoms with Crippen molar-refractivity contribution in [3.05, 3.63) is 52.2 Å². The number of thiophene rings is 1. The molecule has 0 saturated carbocycles. The largest absolute Gasteiger partial charge is 0.338 e. The molecule has 1 aromatic heterocycles. The van der Waals surface area contributed by atoms with Gasteiger partial charge in [-0.1, -0.05) is 32.0 Å². The minimum absolute atomic E-state index is 0.0309. The lowest BCUT2D eigenvalue weighted by Gasteiger charge is -2.31. The van der Waals surface area contributed by atoms with E-state index in [9.17, 15) is 9.59 Å². The highest BCUT2D eigenvalue weighted by molar-refractivity contribution is 7.12. The number of hydrogen-bond donors (Lipinski definition) is 1. The van der Waals surface area contributed by atoms with Crippen molar-refractivity contribution in [2.75, 3.05) is 18.4 Å². The van der Waals surface area contributed by atoms with E-state index >= 15 is 0 Å². The van der Waals surface area contributed by atoms with E-state index in [0.717, 1.165) is 17.0 Å². The fourth-order valence-corrected chi connectivity index (χ4v) is 3.97. The number of carbonyl (C=O) groups is 2. The summed E-state index contributed by atoms with van der Waals surface area (Å²) >= 11 is 1.47. The van der Waals surface area contributed by atoms with Crippen molar-refractivity contribution in [1.82, 2.24) is 4.90 Å². The highest BCUT2D eigenvalue weighted by Crippen LogP contribution is 2.24. The van der Waals surface area contributed by atoms with Crippen LogP contribution >= 0.6 is 11.3 Å². The number of amides is 2. The number of benzene rings is 1. The van der Waals surface area contributed by atoms with Gasteiger partial charge < -0.3 is 10.2 Å². The first-order chi connectivity index (χ1) is 12.6. The predicted octanol–water partition coefficient (Wildman–Crippen LogP) is 4.75. The van der Waals surface area contributed by atoms with E-state index in [1.165, 1.54) is 16.9 Å². The van der Waals surface area contributed by atoms with Crippen LogP contribution in [-0.4, -0.2) is 29.8 Å². The second kappa shape index (κ2) is 8.49. The molecule has 1 saturated heterocycles. The Kier molecular flexibility index (Phi) is 6.09. The summed E-state index contributed by atoms with van der Waals surface area (Å²) in [6.07, 6.45) is 2.54. The molecule has 1 N–H and O–H groups in total. The molecular weight excluding hydrogens is 344 g/mol. The zero-order valence-electron chi connectivity index (χ0n) is 15.4. The number of nitrogens with one attached hydrogen (secondary N) is 1. The number of piperidine rings is 1. The highest BCUT2D eigenvalue weighted by atomic mass is 32.1. The monoisotopic (exact) mass is 370 g/mol. The number of hydrogen-bond acceptors (Lipinski definition) is 3. The van der Waals surface area contributed by atoms with Crippen LogP contribution < -0.4 is 5.32 Å². The van der Waals surface area contributed by atoms with E-state index in [2.05, 4.69) is 31.3 Å². The minimum atomic E-state index is -0.0309. The van der Waals surface area contributed by atoms with Crippen molar-refractivity contribution >= 4 is 28.8 Å². The standard InChI is InChI=1S/C21H26N2O2S/c1-3-15(2)16-6-8-18(9-7-16)22-20(24)17-10-12-23(13-11-17)21(25)19-5-4-14-26-19/h4-9,14-15,17H,3,10-13H2,1-2H3,(H,22,24). The summed E-state index contributed by atoms with van der Waals surface area (Å²) < 4.78 is 0. The second-order valence-electron chi connectivity index (χ2n) is 6.96. The first-order valence-electron chi connectivity index (χ1n) is 9.32. The van der Waals surface area contributed by atoms with Crippen molar-refractivity contribution < 1.29 is 9.59 Å². The topological polar surface area (TPSA) is 49.4 Å². The molecule has 1 aromatic carbocycles. The zero-order chi connectivity index (χ0) is 18.5. The molecule has 26 heavy (non-hydrogen) atoms. The SMILES string of the molecule is CCC(C)c1ccc(NC(=O)C2CCN(C(=O)c3cccs3)CC2)cc1. The van der Waals surface area contributed by atoms with Gasteiger partial charge in [0, 0.05) is 24.7 Å². The number of nitrogens with zero attached hydrogens (tertiary/aromatic N) is 1. The summed E-state index contributed by atoms with van der Waals surface area (Å²) in [5, 5.41) is 4.94. The number of carbonyl (C=O) groups excluding carboxylic acids is 2. The summed E-state index contributed by atoms with van der Waals surface area (Å²) in [5.41, 5.74) is 2.14. The van der Waals surface area contributed by atoms with E-state index < -0.39 is 0 Å². The predicted molar refractivity (Wildman–Crippen MR) is 107 cm³/mol. The number of likely N-dealkylation sites (tertiary alicyclic amines) is 1. The molecule has 1 unspecified atom stereocenters. The third-order valence-corrected chi connectivity index (χ3v) is 6.10. The molecule has 1 aliphatic rings. The Bertz CT molecular complexity index is 732. The molecule has 4 nitrogen and oxygen atoms in total. The average molecular weight is 371 g/mol. The third kappa shape index (κ3) is 4.33. The maximum absolute atomic E-state index is 12.5. The maximum Gasteiger partial charge on any atom is 0.263 e. The number of anilines is 1. The van der Waals surface area contributed by atoms with E-state index in [4.69, 9.17) is 0 Å². The summed E-state index contributed by atoms with van der Waals surface area (Å²) in [7, 11) is 0. The molecule has 1 fully saturated rings. The summed E-state index contributed by atoms with van der Waals surface area (Å²) in [5.74, 6) is 0.644. The van der Waals surface area contributed by atoms with E-state index in [1.807, 2.05) is 34.5 Å². The van der Waals surface area contributed by atoms with Gasteiger partial charge in [-0.15, -0.1) is 11.3 Å². The van der Waals surface area contributed by atoms with Gasteiger partial charge in [-0.2, -0.15) is 0 Å². The molecule has 5 heteroatoms. The lowest BCUT2D eigenvalue weighted by atomic mass is 9.95. The second-order valence-corrected chi connectivity index (χ2v) is 7.91. The van der Waals surface area contributed by atoms with Crippen LogP contribution in [0.1, 0.15) is 54.3 Å². The Morgan fingerprint density at radius 1 is 1.19 bits per heavy atom. The van der Waals surface area contributed by atoms with Crippen LogP contribution in [0.25, 0.3) is 0 Å². The molecule has 0 radical (unpaired) electrons. The molecule has 0 bridgehead atoms. The fraction of sp³-hybridized carbons (Fsp3) is 0.429. The Hall–Kier alpha value is -2.14. The van der Waals surface area contributed by atoms with Crippen LogP contribution in [0.4, 0.5) is 5.69 Å². The first-order valence-corrected chi connectivity index (χ1v) is 10.2. The van der Waals surface area contributed by atoms with Crippen LogP contribution in [0.3, 0.4) is 0 Å². The van der Waals surface area contributed by atoms with Gasteiger partial charge in [0.2, 0.25) is 5.91 Å². The van der Waals surface area contributed by atoms with Gasteiger partial charge in [-0.05, 0) is 54.3 Å². The Morgan fingerprint density at radius 3 is 2.46 bits per heavy atom. The van der Waals surface area contributed by atoms with Crippen LogP contribution in [-0.2, 0) is 4.79 Å². The van der Waals surface area contributed by atoms with Gasteiger partial charge >= 0.3 is 0 Å². The van der Waals surface area contributed by atoms with Crippen molar-refractivity contribution in [2.45, 2.75) is 39.0 Å². The van der Waals surface area contributed by atoms with Crippen LogP contribution in [0.15, 0.2) is 41.8 Å². The van der Waals surface area contributed by atoms with Crippen molar-refractivity contribution in [2.24, 2.45) is 5.92 Å². The van der Waals surface area contributed by atoms with E-state index in [0.29, 0.717) is 31.8 Å². The zero-order valence-corrected chi connectivity index (χ0v) is 16.2. The highest BCUT2D eigenvalue weighted by Gasteiger charge is 2.28. The van der Waals surface area contributed by atoms with Crippen LogP contribution in [0.5, 0.6) is 0 Å². The molecule has 2 amide bonds. The molecule has 1 atom stereocenters. The van der Waals surface area contributed by atoms with Gasteiger partial charge in [-0.3, -0.25) is 9.59 Å². The van der Waals surface area contributed by atoms with Crippen molar-refractivity contribution in [3.63, 3.8) is 0 Å². The molecular formula is C21H26N2O2S. The van der Waals surface area contributed by atoms with Gasteiger partial charge in [0.25, 0.3) is 5.91 Å². The molecule has 2 heterocycles. The van der Waals surface area contributed by atoms with E-state index in [1.54, 1.807) is 0 Å². The first kappa shape index (κ1) is 18.6. The summed E-state index contributed by atoms with van der Waals surface area (Å²) in [6.45, 7) is 5.66. The molecule has 1 aliphatic heterocycles. The maximum atomic E-state index is 12.5. The average Bonchev–Trinajstić information content (AvgIpc) is 3.22. The van der Waals surface area contributed by atoms with Crippen molar-refractivity contribution in [1.29, 1.82) is 0 Å². The lowest BCUT2D eigenvalue weighted by Crippen LogP contribution is -2.41. The Labute approximate surface area is 159 Å². The number of rotatable bonds is 5. The molecule has 0 spiro atoms. The van der Waals surface area contributed by atoms with Crippen LogP contribution in [0, 0.1) is 5.92 Å². The van der Waals surface area contributed by atoms with Gasteiger partial charge in [0.15, 0.2) is 0 Å². The smallest absolute Gasteiger partial charge is 0.263 e. The quantitative estimate of drug-likeness (QED) is 0.825. The van der Waals surface area contributed by atoms with E-state index in [-0.39, 0.29) is 17.7 Å². The van der Waals surface area contributed by atoms with Gasteiger partial charge in [0.05, 0.1) is 4.88 Å². The summed E-state index contributed by atoms with van der Waals surface area (Å²) in [4.78, 5) is 27.5. The van der Waals surface area contributed by atoms with Gasteiger partial charge in [-0.25, -0.2) is 0 Å².